The summed E-state index contributed by atoms with van der Waals surface area (Å²) in [7, 11) is 1.67. The maximum Gasteiger partial charge on any atom is 0.251 e. The largest absolute Gasteiger partial charge is 0.383 e. The Bertz CT molecular complexity index is 1160. The zero-order valence-corrected chi connectivity index (χ0v) is 16.4. The van der Waals surface area contributed by atoms with Gasteiger partial charge < -0.3 is 14.6 Å². The molecule has 4 aromatic rings. The van der Waals surface area contributed by atoms with E-state index >= 15 is 0 Å². The lowest BCUT2D eigenvalue weighted by molar-refractivity contribution is 0.0954. The Morgan fingerprint density at radius 2 is 2.14 bits per heavy atom. The Morgan fingerprint density at radius 1 is 1.24 bits per heavy atom. The van der Waals surface area contributed by atoms with Crippen molar-refractivity contribution in [3.8, 4) is 0 Å². The summed E-state index contributed by atoms with van der Waals surface area (Å²) in [6.45, 7) is 3.68. The van der Waals surface area contributed by atoms with Crippen LogP contribution in [0.15, 0.2) is 42.7 Å². The predicted octanol–water partition coefficient (Wildman–Crippen LogP) is 2.30. The first kappa shape index (κ1) is 18.9. The predicted molar refractivity (Wildman–Crippen MR) is 110 cm³/mol. The van der Waals surface area contributed by atoms with Gasteiger partial charge in [0.05, 0.1) is 17.6 Å². The van der Waals surface area contributed by atoms with Crippen molar-refractivity contribution in [2.24, 2.45) is 0 Å². The third-order valence-electron chi connectivity index (χ3n) is 4.85. The molecule has 0 bridgehead atoms. The molecule has 0 unspecified atom stereocenters. The van der Waals surface area contributed by atoms with E-state index in [1.807, 2.05) is 31.2 Å². The van der Waals surface area contributed by atoms with Crippen LogP contribution in [0, 0.1) is 6.92 Å². The van der Waals surface area contributed by atoms with Crippen molar-refractivity contribution in [3.63, 3.8) is 0 Å². The second kappa shape index (κ2) is 8.32. The molecule has 0 radical (unpaired) electrons. The van der Waals surface area contributed by atoms with Gasteiger partial charge in [-0.05, 0) is 43.2 Å². The van der Waals surface area contributed by atoms with Gasteiger partial charge in [-0.2, -0.15) is 0 Å². The molecule has 0 spiro atoms. The summed E-state index contributed by atoms with van der Waals surface area (Å²) in [5.74, 6) is 0.714. The van der Waals surface area contributed by atoms with E-state index in [0.29, 0.717) is 30.9 Å². The summed E-state index contributed by atoms with van der Waals surface area (Å²) in [5, 5.41) is 12.3. The van der Waals surface area contributed by atoms with Gasteiger partial charge in [0.25, 0.3) is 5.91 Å². The molecule has 0 aliphatic heterocycles. The highest BCUT2D eigenvalue weighted by Crippen LogP contribution is 2.24. The molecule has 0 saturated carbocycles. The van der Waals surface area contributed by atoms with Crippen molar-refractivity contribution in [3.05, 3.63) is 59.7 Å². The monoisotopic (exact) mass is 390 g/mol. The summed E-state index contributed by atoms with van der Waals surface area (Å²) in [6.07, 6.45) is 4.27. The van der Waals surface area contributed by atoms with Gasteiger partial charge in [0.2, 0.25) is 5.65 Å². The van der Waals surface area contributed by atoms with Crippen LogP contribution in [0.5, 0.6) is 0 Å². The molecule has 29 heavy (non-hydrogen) atoms. The first-order valence-electron chi connectivity index (χ1n) is 9.46. The van der Waals surface area contributed by atoms with Gasteiger partial charge in [0.1, 0.15) is 5.82 Å². The van der Waals surface area contributed by atoms with Crippen LogP contribution in [0.1, 0.15) is 21.7 Å². The Balaban J connectivity index is 1.61. The number of nitrogens with zero attached hydrogens (tertiary/aromatic N) is 5. The van der Waals surface area contributed by atoms with Crippen molar-refractivity contribution >= 4 is 28.0 Å². The number of amides is 1. The van der Waals surface area contributed by atoms with Crippen molar-refractivity contribution in [1.29, 1.82) is 0 Å². The van der Waals surface area contributed by atoms with E-state index in [-0.39, 0.29) is 5.91 Å². The number of aromatic nitrogens is 5. The quantitative estimate of drug-likeness (QED) is 0.520. The van der Waals surface area contributed by atoms with Crippen LogP contribution >= 0.6 is 0 Å². The first-order chi connectivity index (χ1) is 14.2. The van der Waals surface area contributed by atoms with E-state index in [0.717, 1.165) is 34.2 Å². The Hall–Kier alpha value is -3.39. The lowest BCUT2D eigenvalue weighted by Gasteiger charge is -2.09. The van der Waals surface area contributed by atoms with E-state index in [1.165, 1.54) is 0 Å². The second-order valence-electron chi connectivity index (χ2n) is 6.77. The van der Waals surface area contributed by atoms with Crippen LogP contribution in [0.3, 0.4) is 0 Å². The number of imidazole rings is 1. The molecule has 1 amide bonds. The highest BCUT2D eigenvalue weighted by molar-refractivity contribution is 6.05. The van der Waals surface area contributed by atoms with Crippen LogP contribution in [-0.2, 0) is 17.7 Å². The van der Waals surface area contributed by atoms with Gasteiger partial charge >= 0.3 is 0 Å². The number of aryl methyl sites for hydroxylation is 1. The van der Waals surface area contributed by atoms with Crippen LogP contribution in [0.4, 0.5) is 0 Å². The van der Waals surface area contributed by atoms with Gasteiger partial charge in [-0.15, -0.1) is 10.2 Å². The number of pyridine rings is 1. The van der Waals surface area contributed by atoms with Crippen LogP contribution in [0.2, 0.25) is 0 Å². The van der Waals surface area contributed by atoms with Crippen molar-refractivity contribution in [1.82, 2.24) is 30.0 Å². The lowest BCUT2D eigenvalue weighted by Crippen LogP contribution is -2.25. The lowest BCUT2D eigenvalue weighted by atomic mass is 10.1. The number of carbonyl (C=O) groups is 1. The Morgan fingerprint density at radius 3 is 2.93 bits per heavy atom. The standard InChI is InChI=1S/C21H22N6O2/c1-14-24-20-19(27(14)10-11-29-2)17-12-16(5-6-18(17)25-26-20)21(28)23-9-7-15-4-3-8-22-13-15/h3-6,8,12-13H,7,9-11H2,1-2H3,(H,23,28). The van der Waals surface area contributed by atoms with Crippen molar-refractivity contribution < 1.29 is 9.53 Å². The minimum absolute atomic E-state index is 0.125. The highest BCUT2D eigenvalue weighted by atomic mass is 16.5. The number of hydrogen-bond acceptors (Lipinski definition) is 6. The molecule has 3 aromatic heterocycles. The topological polar surface area (TPSA) is 94.8 Å². The molecular weight excluding hydrogens is 368 g/mol. The molecule has 8 nitrogen and oxygen atoms in total. The Labute approximate surface area is 167 Å². The average Bonchev–Trinajstić information content (AvgIpc) is 3.08. The van der Waals surface area contributed by atoms with Gasteiger partial charge in [-0.25, -0.2) is 4.98 Å². The van der Waals surface area contributed by atoms with E-state index in [4.69, 9.17) is 4.74 Å². The fourth-order valence-corrected chi connectivity index (χ4v) is 3.36. The van der Waals surface area contributed by atoms with Gasteiger partial charge in [0, 0.05) is 43.5 Å². The highest BCUT2D eigenvalue weighted by Gasteiger charge is 2.15. The van der Waals surface area contributed by atoms with Crippen LogP contribution in [-0.4, -0.2) is 50.9 Å². The Kier molecular flexibility index (Phi) is 5.44. The fraction of sp³-hybridized carbons (Fsp3) is 0.286. The fourth-order valence-electron chi connectivity index (χ4n) is 3.36. The number of methoxy groups -OCH3 is 1. The zero-order chi connectivity index (χ0) is 20.2. The maximum absolute atomic E-state index is 12.7. The van der Waals surface area contributed by atoms with Crippen molar-refractivity contribution in [2.45, 2.75) is 19.9 Å². The average molecular weight is 390 g/mol. The molecule has 0 aliphatic carbocycles. The minimum Gasteiger partial charge on any atom is -0.383 e. The molecule has 0 saturated heterocycles. The molecule has 0 fully saturated rings. The molecule has 148 valence electrons. The van der Waals surface area contributed by atoms with E-state index in [9.17, 15) is 4.79 Å². The normalized spacial score (nSPS) is 11.2. The summed E-state index contributed by atoms with van der Waals surface area (Å²) >= 11 is 0. The SMILES string of the molecule is COCCn1c(C)nc2nnc3ccc(C(=O)NCCc4cccnc4)cc3c21. The molecule has 0 aliphatic rings. The molecule has 8 heteroatoms. The molecule has 0 atom stereocenters. The minimum atomic E-state index is -0.125. The molecule has 1 aromatic carbocycles. The number of ether oxygens (including phenoxy) is 1. The maximum atomic E-state index is 12.7. The van der Waals surface area contributed by atoms with Crippen LogP contribution < -0.4 is 5.32 Å². The molecule has 1 N–H and O–H groups in total. The molecule has 4 rings (SSSR count). The third kappa shape index (κ3) is 3.93. The van der Waals surface area contributed by atoms with Gasteiger partial charge in [0.15, 0.2) is 0 Å². The smallest absolute Gasteiger partial charge is 0.251 e. The molecule has 3 heterocycles. The van der Waals surface area contributed by atoms with Crippen molar-refractivity contribution in [2.75, 3.05) is 20.3 Å². The zero-order valence-electron chi connectivity index (χ0n) is 16.4. The summed E-state index contributed by atoms with van der Waals surface area (Å²) in [5.41, 5.74) is 3.83. The number of carbonyl (C=O) groups excluding carboxylic acids is 1. The summed E-state index contributed by atoms with van der Waals surface area (Å²) in [4.78, 5) is 21.3. The molecular formula is C21H22N6O2. The van der Waals surface area contributed by atoms with Crippen LogP contribution in [0.25, 0.3) is 22.1 Å². The third-order valence-corrected chi connectivity index (χ3v) is 4.85. The number of rotatable bonds is 7. The number of hydrogen-bond donors (Lipinski definition) is 1. The second-order valence-corrected chi connectivity index (χ2v) is 6.77. The van der Waals surface area contributed by atoms with Gasteiger partial charge in [-0.3, -0.25) is 9.78 Å². The van der Waals surface area contributed by atoms with E-state index < -0.39 is 0 Å². The van der Waals surface area contributed by atoms with Gasteiger partial charge in [-0.1, -0.05) is 6.07 Å². The first-order valence-corrected chi connectivity index (χ1v) is 9.46. The number of fused-ring (bicyclic) bond motifs is 3. The van der Waals surface area contributed by atoms with E-state index in [1.54, 1.807) is 25.6 Å². The number of benzene rings is 1. The number of nitrogens with one attached hydrogen (secondary N) is 1. The summed E-state index contributed by atoms with van der Waals surface area (Å²) < 4.78 is 7.28. The van der Waals surface area contributed by atoms with E-state index in [2.05, 4.69) is 30.0 Å². The summed E-state index contributed by atoms with van der Waals surface area (Å²) in [6, 6.07) is 9.33.